The number of nitrogens with zero attached hydrogens (tertiary/aromatic N) is 2. The third-order valence-electron chi connectivity index (χ3n) is 3.86. The van der Waals surface area contributed by atoms with Crippen LogP contribution >= 0.6 is 0 Å². The second kappa shape index (κ2) is 7.33. The average Bonchev–Trinajstić information content (AvgIpc) is 2.39. The Morgan fingerprint density at radius 3 is 2.47 bits per heavy atom. The van der Waals surface area contributed by atoms with Gasteiger partial charge in [-0.2, -0.15) is 0 Å². The smallest absolute Gasteiger partial charge is 0.223 e. The molecule has 0 bridgehead atoms. The summed E-state index contributed by atoms with van der Waals surface area (Å²) in [6.45, 7) is 8.29. The fraction of sp³-hybridized carbons (Fsp3) is 0.846. The van der Waals surface area contributed by atoms with Crippen LogP contribution in [0.1, 0.15) is 33.6 Å². The highest BCUT2D eigenvalue weighted by atomic mass is 16.4. The van der Waals surface area contributed by atoms with Gasteiger partial charge in [0.15, 0.2) is 5.84 Å². The zero-order valence-electron chi connectivity index (χ0n) is 12.1. The van der Waals surface area contributed by atoms with Gasteiger partial charge in [0.05, 0.1) is 6.54 Å². The number of oxime groups is 1. The van der Waals surface area contributed by atoms with Gasteiger partial charge in [-0.05, 0) is 18.8 Å². The lowest BCUT2D eigenvalue weighted by Gasteiger charge is -2.32. The Balaban J connectivity index is 2.32. The summed E-state index contributed by atoms with van der Waals surface area (Å²) in [6.07, 6.45) is 1.82. The first kappa shape index (κ1) is 15.8. The van der Waals surface area contributed by atoms with E-state index in [9.17, 15) is 4.79 Å². The normalized spacial score (nSPS) is 20.5. The predicted molar refractivity (Wildman–Crippen MR) is 75.0 cm³/mol. The van der Waals surface area contributed by atoms with Crippen LogP contribution in [-0.4, -0.2) is 47.5 Å². The maximum atomic E-state index is 12.0. The molecule has 0 aromatic rings. The number of hydrogen-bond donors (Lipinski definition) is 3. The van der Waals surface area contributed by atoms with Gasteiger partial charge in [-0.15, -0.1) is 0 Å². The summed E-state index contributed by atoms with van der Waals surface area (Å²) in [6, 6.07) is 0.247. The molecule has 1 amide bonds. The van der Waals surface area contributed by atoms with Crippen molar-refractivity contribution >= 4 is 11.7 Å². The molecule has 1 atom stereocenters. The zero-order valence-corrected chi connectivity index (χ0v) is 12.1. The molecule has 6 nitrogen and oxygen atoms in total. The summed E-state index contributed by atoms with van der Waals surface area (Å²) >= 11 is 0. The molecule has 0 aliphatic carbocycles. The number of amidine groups is 1. The van der Waals surface area contributed by atoms with Crippen LogP contribution in [0.25, 0.3) is 0 Å². The Morgan fingerprint density at radius 1 is 1.42 bits per heavy atom. The van der Waals surface area contributed by atoms with Gasteiger partial charge in [-0.1, -0.05) is 25.9 Å². The van der Waals surface area contributed by atoms with E-state index in [1.54, 1.807) is 0 Å². The van der Waals surface area contributed by atoms with E-state index in [0.717, 1.165) is 25.9 Å². The second-order valence-electron chi connectivity index (χ2n) is 5.68. The van der Waals surface area contributed by atoms with Crippen molar-refractivity contribution in [1.82, 2.24) is 10.2 Å². The van der Waals surface area contributed by atoms with E-state index in [-0.39, 0.29) is 23.7 Å². The molecule has 0 aromatic heterocycles. The Bertz CT molecular complexity index is 323. The van der Waals surface area contributed by atoms with Crippen molar-refractivity contribution in [3.8, 4) is 0 Å². The van der Waals surface area contributed by atoms with E-state index in [2.05, 4.69) is 29.2 Å². The minimum absolute atomic E-state index is 0.0511. The van der Waals surface area contributed by atoms with Crippen molar-refractivity contribution in [1.29, 1.82) is 0 Å². The molecule has 1 aliphatic heterocycles. The van der Waals surface area contributed by atoms with Crippen molar-refractivity contribution < 1.29 is 10.0 Å². The van der Waals surface area contributed by atoms with Crippen molar-refractivity contribution in [2.45, 2.75) is 39.7 Å². The van der Waals surface area contributed by atoms with Crippen molar-refractivity contribution in [2.24, 2.45) is 22.7 Å². The molecule has 1 saturated heterocycles. The van der Waals surface area contributed by atoms with Gasteiger partial charge in [0.1, 0.15) is 0 Å². The summed E-state index contributed by atoms with van der Waals surface area (Å²) in [4.78, 5) is 14.1. The van der Waals surface area contributed by atoms with Crippen LogP contribution in [0.2, 0.25) is 0 Å². The quantitative estimate of drug-likeness (QED) is 0.295. The maximum absolute atomic E-state index is 12.0. The van der Waals surface area contributed by atoms with E-state index >= 15 is 0 Å². The summed E-state index contributed by atoms with van der Waals surface area (Å²) in [5, 5.41) is 14.6. The Morgan fingerprint density at radius 2 is 2.00 bits per heavy atom. The Hall–Kier alpha value is -1.30. The van der Waals surface area contributed by atoms with Gasteiger partial charge in [-0.3, -0.25) is 9.69 Å². The van der Waals surface area contributed by atoms with Crippen LogP contribution in [0.4, 0.5) is 0 Å². The molecule has 0 saturated carbocycles. The van der Waals surface area contributed by atoms with Gasteiger partial charge in [-0.25, -0.2) is 0 Å². The van der Waals surface area contributed by atoms with E-state index in [1.807, 2.05) is 6.92 Å². The molecule has 0 radical (unpaired) electrons. The van der Waals surface area contributed by atoms with Gasteiger partial charge >= 0.3 is 0 Å². The van der Waals surface area contributed by atoms with Crippen LogP contribution in [0, 0.1) is 11.8 Å². The lowest BCUT2D eigenvalue weighted by molar-refractivity contribution is -0.126. The number of piperidine rings is 1. The van der Waals surface area contributed by atoms with E-state index in [4.69, 9.17) is 10.9 Å². The van der Waals surface area contributed by atoms with Gasteiger partial charge in [0, 0.05) is 25.0 Å². The summed E-state index contributed by atoms with van der Waals surface area (Å²) in [7, 11) is 0. The number of hydrogen-bond acceptors (Lipinski definition) is 4. The van der Waals surface area contributed by atoms with Crippen molar-refractivity contribution in [3.05, 3.63) is 0 Å². The maximum Gasteiger partial charge on any atom is 0.223 e. The molecule has 6 heteroatoms. The molecule has 4 N–H and O–H groups in total. The van der Waals surface area contributed by atoms with Crippen LogP contribution in [0.5, 0.6) is 0 Å². The fourth-order valence-electron chi connectivity index (χ4n) is 2.13. The van der Waals surface area contributed by atoms with Gasteiger partial charge < -0.3 is 16.3 Å². The average molecular weight is 270 g/mol. The molecule has 1 heterocycles. The highest BCUT2D eigenvalue weighted by Gasteiger charge is 2.24. The van der Waals surface area contributed by atoms with E-state index < -0.39 is 0 Å². The second-order valence-corrected chi connectivity index (χ2v) is 5.68. The molecule has 0 spiro atoms. The monoisotopic (exact) mass is 270 g/mol. The highest BCUT2D eigenvalue weighted by Crippen LogP contribution is 2.13. The van der Waals surface area contributed by atoms with Crippen LogP contribution in [0.3, 0.4) is 0 Å². The standard InChI is InChI=1S/C13H26N4O2/c1-9(2)10(3)13(18)15-11-4-6-17(7-5-11)8-12(14)16-19/h9-11,19H,4-8H2,1-3H3,(H2,14,16)(H,15,18). The van der Waals surface area contributed by atoms with E-state index in [1.165, 1.54) is 0 Å². The first-order chi connectivity index (χ1) is 8.93. The first-order valence-electron chi connectivity index (χ1n) is 6.93. The van der Waals surface area contributed by atoms with Crippen molar-refractivity contribution in [3.63, 3.8) is 0 Å². The summed E-state index contributed by atoms with van der Waals surface area (Å²) in [5.41, 5.74) is 5.48. The van der Waals surface area contributed by atoms with Crippen LogP contribution < -0.4 is 11.1 Å². The number of carbonyl (C=O) groups is 1. The molecule has 1 rings (SSSR count). The highest BCUT2D eigenvalue weighted by molar-refractivity contribution is 5.81. The molecule has 0 aromatic carbocycles. The molecular weight excluding hydrogens is 244 g/mol. The Kier molecular flexibility index (Phi) is 6.08. The first-order valence-corrected chi connectivity index (χ1v) is 6.93. The molecule has 1 aliphatic rings. The van der Waals surface area contributed by atoms with E-state index in [0.29, 0.717) is 12.5 Å². The molecule has 110 valence electrons. The number of nitrogens with one attached hydrogen (secondary N) is 1. The van der Waals surface area contributed by atoms with Crippen molar-refractivity contribution in [2.75, 3.05) is 19.6 Å². The molecule has 1 fully saturated rings. The molecular formula is C13H26N4O2. The lowest BCUT2D eigenvalue weighted by Crippen LogP contribution is -2.48. The zero-order chi connectivity index (χ0) is 14.4. The molecule has 19 heavy (non-hydrogen) atoms. The number of likely N-dealkylation sites (tertiary alicyclic amines) is 1. The van der Waals surface area contributed by atoms with Crippen LogP contribution in [-0.2, 0) is 4.79 Å². The van der Waals surface area contributed by atoms with Gasteiger partial charge in [0.25, 0.3) is 0 Å². The summed E-state index contributed by atoms with van der Waals surface area (Å²) in [5.74, 6) is 0.789. The summed E-state index contributed by atoms with van der Waals surface area (Å²) < 4.78 is 0. The fourth-order valence-corrected chi connectivity index (χ4v) is 2.13. The minimum Gasteiger partial charge on any atom is -0.409 e. The molecule has 1 unspecified atom stereocenters. The lowest BCUT2D eigenvalue weighted by atomic mass is 9.96. The SMILES string of the molecule is CC(C)C(C)C(=O)NC1CCN(CC(N)=NO)CC1. The number of amides is 1. The number of carbonyl (C=O) groups excluding carboxylic acids is 1. The topological polar surface area (TPSA) is 91.0 Å². The predicted octanol–water partition coefficient (Wildman–Crippen LogP) is 0.606. The third-order valence-corrected chi connectivity index (χ3v) is 3.86. The largest absolute Gasteiger partial charge is 0.409 e. The van der Waals surface area contributed by atoms with Gasteiger partial charge in [0.2, 0.25) is 5.91 Å². The van der Waals surface area contributed by atoms with Crippen LogP contribution in [0.15, 0.2) is 5.16 Å². The Labute approximate surface area is 115 Å². The third kappa shape index (κ3) is 5.06. The minimum atomic E-state index is 0.0511. The number of rotatable bonds is 5. The number of nitrogens with two attached hydrogens (primary N) is 1.